The molecule has 6 heteroatoms. The summed E-state index contributed by atoms with van der Waals surface area (Å²) >= 11 is 0. The van der Waals surface area contributed by atoms with E-state index in [1.807, 2.05) is 51.1 Å². The summed E-state index contributed by atoms with van der Waals surface area (Å²) in [5, 5.41) is 5.42. The highest BCUT2D eigenvalue weighted by Crippen LogP contribution is 2.16. The minimum absolute atomic E-state index is 0.00861. The first-order valence-corrected chi connectivity index (χ1v) is 8.73. The molecule has 0 bridgehead atoms. The highest BCUT2D eigenvalue weighted by atomic mass is 16.5. The highest BCUT2D eigenvalue weighted by Gasteiger charge is 2.11. The van der Waals surface area contributed by atoms with Crippen LogP contribution in [-0.2, 0) is 19.1 Å². The molecule has 0 saturated heterocycles. The van der Waals surface area contributed by atoms with E-state index in [-0.39, 0.29) is 25.4 Å². The predicted octanol–water partition coefficient (Wildman–Crippen LogP) is 3.51. The molecule has 2 N–H and O–H groups in total. The summed E-state index contributed by atoms with van der Waals surface area (Å²) in [7, 11) is 0. The van der Waals surface area contributed by atoms with Crippen molar-refractivity contribution in [1.82, 2.24) is 0 Å². The van der Waals surface area contributed by atoms with Crippen molar-refractivity contribution in [3.63, 3.8) is 0 Å². The molecular weight excluding hydrogens is 344 g/mol. The molecule has 2 aromatic carbocycles. The number of ether oxygens (including phenoxy) is 1. The second kappa shape index (κ2) is 9.52. The van der Waals surface area contributed by atoms with E-state index < -0.39 is 11.9 Å². The topological polar surface area (TPSA) is 84.5 Å². The first-order valence-electron chi connectivity index (χ1n) is 8.73. The lowest BCUT2D eigenvalue weighted by Gasteiger charge is -2.10. The molecule has 0 aliphatic rings. The Hall–Kier alpha value is -3.15. The van der Waals surface area contributed by atoms with Crippen LogP contribution >= 0.6 is 0 Å². The second-order valence-electron chi connectivity index (χ2n) is 6.44. The Kier molecular flexibility index (Phi) is 7.11. The molecule has 0 fully saturated rings. The number of benzene rings is 2. The lowest BCUT2D eigenvalue weighted by molar-refractivity contribution is -0.147. The zero-order valence-corrected chi connectivity index (χ0v) is 15.8. The maximum absolute atomic E-state index is 11.9. The van der Waals surface area contributed by atoms with Gasteiger partial charge in [0.15, 0.2) is 6.61 Å². The summed E-state index contributed by atoms with van der Waals surface area (Å²) in [5.41, 5.74) is 4.40. The van der Waals surface area contributed by atoms with Crippen LogP contribution in [0.2, 0.25) is 0 Å². The quantitative estimate of drug-likeness (QED) is 0.733. The van der Waals surface area contributed by atoms with Crippen LogP contribution in [0.3, 0.4) is 0 Å². The molecule has 0 aliphatic carbocycles. The largest absolute Gasteiger partial charge is 0.456 e. The van der Waals surface area contributed by atoms with Gasteiger partial charge in [-0.15, -0.1) is 0 Å². The molecule has 0 aromatic heterocycles. The summed E-state index contributed by atoms with van der Waals surface area (Å²) in [5.74, 6) is -1.29. The van der Waals surface area contributed by atoms with Gasteiger partial charge >= 0.3 is 5.97 Å². The van der Waals surface area contributed by atoms with E-state index in [4.69, 9.17) is 4.74 Å². The molecule has 2 amide bonds. The maximum Gasteiger partial charge on any atom is 0.306 e. The van der Waals surface area contributed by atoms with Gasteiger partial charge in [0, 0.05) is 17.8 Å². The lowest BCUT2D eigenvalue weighted by atomic mass is 10.1. The van der Waals surface area contributed by atoms with Crippen LogP contribution in [0.15, 0.2) is 42.5 Å². The maximum atomic E-state index is 11.9. The molecule has 0 heterocycles. The first kappa shape index (κ1) is 20.2. The smallest absolute Gasteiger partial charge is 0.306 e. The Morgan fingerprint density at radius 2 is 1.48 bits per heavy atom. The average Bonchev–Trinajstić information content (AvgIpc) is 2.63. The molecule has 0 radical (unpaired) electrons. The van der Waals surface area contributed by atoms with Gasteiger partial charge in [0.1, 0.15) is 0 Å². The van der Waals surface area contributed by atoms with Crippen LogP contribution < -0.4 is 10.6 Å². The van der Waals surface area contributed by atoms with Crippen molar-refractivity contribution in [1.29, 1.82) is 0 Å². The number of aryl methyl sites for hydroxylation is 3. The Labute approximate surface area is 158 Å². The molecule has 0 saturated carbocycles. The molecule has 6 nitrogen and oxygen atoms in total. The first-order chi connectivity index (χ1) is 12.8. The lowest BCUT2D eigenvalue weighted by Crippen LogP contribution is -2.22. The number of carbonyl (C=O) groups is 3. The SMILES string of the molecule is Cc1ccc(NC(=O)CCC(=O)OCC(=O)Nc2cc(C)ccc2C)cc1. The van der Waals surface area contributed by atoms with Crippen molar-refractivity contribution >= 4 is 29.2 Å². The summed E-state index contributed by atoms with van der Waals surface area (Å²) < 4.78 is 4.93. The van der Waals surface area contributed by atoms with Gasteiger partial charge in [0.05, 0.1) is 6.42 Å². The molecule has 142 valence electrons. The van der Waals surface area contributed by atoms with Crippen molar-refractivity contribution in [3.8, 4) is 0 Å². The van der Waals surface area contributed by atoms with Gasteiger partial charge < -0.3 is 15.4 Å². The Bertz CT molecular complexity index is 829. The molecule has 2 aromatic rings. The number of anilines is 2. The number of rotatable bonds is 7. The van der Waals surface area contributed by atoms with Crippen molar-refractivity contribution in [3.05, 3.63) is 59.2 Å². The van der Waals surface area contributed by atoms with E-state index in [2.05, 4.69) is 10.6 Å². The third-order valence-corrected chi connectivity index (χ3v) is 3.92. The molecule has 0 aliphatic heterocycles. The molecule has 0 unspecified atom stereocenters. The van der Waals surface area contributed by atoms with Gasteiger partial charge in [0.2, 0.25) is 5.91 Å². The minimum atomic E-state index is -0.592. The van der Waals surface area contributed by atoms with Crippen LogP contribution in [0.1, 0.15) is 29.5 Å². The predicted molar refractivity (Wildman–Crippen MR) is 105 cm³/mol. The van der Waals surface area contributed by atoms with Gasteiger partial charge in [-0.2, -0.15) is 0 Å². The minimum Gasteiger partial charge on any atom is -0.456 e. The van der Waals surface area contributed by atoms with Crippen LogP contribution in [0.25, 0.3) is 0 Å². The number of amides is 2. The number of nitrogens with one attached hydrogen (secondary N) is 2. The van der Waals surface area contributed by atoms with E-state index in [1.54, 1.807) is 12.1 Å². The van der Waals surface area contributed by atoms with E-state index >= 15 is 0 Å². The summed E-state index contributed by atoms with van der Waals surface area (Å²) in [6.45, 7) is 5.38. The summed E-state index contributed by atoms with van der Waals surface area (Å²) in [6, 6.07) is 13.1. The van der Waals surface area contributed by atoms with Crippen LogP contribution in [0, 0.1) is 20.8 Å². The zero-order valence-electron chi connectivity index (χ0n) is 15.8. The number of hydrogen-bond donors (Lipinski definition) is 2. The number of hydrogen-bond acceptors (Lipinski definition) is 4. The fraction of sp³-hybridized carbons (Fsp3) is 0.286. The Balaban J connectivity index is 1.70. The molecule has 27 heavy (non-hydrogen) atoms. The third-order valence-electron chi connectivity index (χ3n) is 3.92. The standard InChI is InChI=1S/C21H24N2O4/c1-14-5-8-17(9-6-14)22-19(24)10-11-21(26)27-13-20(25)23-18-12-15(2)4-7-16(18)3/h4-9,12H,10-11,13H2,1-3H3,(H,22,24)(H,23,25). The van der Waals surface area contributed by atoms with Gasteiger partial charge in [0.25, 0.3) is 5.91 Å². The normalized spacial score (nSPS) is 10.2. The summed E-state index contributed by atoms with van der Waals surface area (Å²) in [6.07, 6.45) is -0.0975. The monoisotopic (exact) mass is 368 g/mol. The fourth-order valence-corrected chi connectivity index (χ4v) is 2.35. The van der Waals surface area contributed by atoms with E-state index in [9.17, 15) is 14.4 Å². The fourth-order valence-electron chi connectivity index (χ4n) is 2.35. The van der Waals surface area contributed by atoms with Crippen LogP contribution in [0.4, 0.5) is 11.4 Å². The molecule has 0 atom stereocenters. The number of esters is 1. The van der Waals surface area contributed by atoms with E-state index in [0.29, 0.717) is 11.4 Å². The van der Waals surface area contributed by atoms with E-state index in [0.717, 1.165) is 16.7 Å². The highest BCUT2D eigenvalue weighted by molar-refractivity contribution is 5.94. The zero-order chi connectivity index (χ0) is 19.8. The van der Waals surface area contributed by atoms with Gasteiger partial charge in [-0.05, 0) is 50.1 Å². The van der Waals surface area contributed by atoms with Crippen molar-refractivity contribution < 1.29 is 19.1 Å². The van der Waals surface area contributed by atoms with E-state index in [1.165, 1.54) is 0 Å². The Morgan fingerprint density at radius 3 is 2.19 bits per heavy atom. The number of carbonyl (C=O) groups excluding carboxylic acids is 3. The van der Waals surface area contributed by atoms with Crippen LogP contribution in [-0.4, -0.2) is 24.4 Å². The molecular formula is C21H24N2O4. The molecule has 0 spiro atoms. The van der Waals surface area contributed by atoms with Crippen LogP contribution in [0.5, 0.6) is 0 Å². The van der Waals surface area contributed by atoms with Gasteiger partial charge in [-0.25, -0.2) is 0 Å². The summed E-state index contributed by atoms with van der Waals surface area (Å²) in [4.78, 5) is 35.5. The van der Waals surface area contributed by atoms with Crippen molar-refractivity contribution in [2.75, 3.05) is 17.2 Å². The average molecular weight is 368 g/mol. The van der Waals surface area contributed by atoms with Gasteiger partial charge in [-0.1, -0.05) is 29.8 Å². The Morgan fingerprint density at radius 1 is 0.815 bits per heavy atom. The second-order valence-corrected chi connectivity index (χ2v) is 6.44. The third kappa shape index (κ3) is 6.93. The van der Waals surface area contributed by atoms with Crippen molar-refractivity contribution in [2.45, 2.75) is 33.6 Å². The van der Waals surface area contributed by atoms with Crippen molar-refractivity contribution in [2.24, 2.45) is 0 Å². The van der Waals surface area contributed by atoms with Gasteiger partial charge in [-0.3, -0.25) is 14.4 Å². The molecule has 2 rings (SSSR count).